The summed E-state index contributed by atoms with van der Waals surface area (Å²) in [4.78, 5) is 2.16. The van der Waals surface area contributed by atoms with E-state index in [4.69, 9.17) is 11.6 Å². The third-order valence-corrected chi connectivity index (χ3v) is 2.78. The number of nitrogens with zero attached hydrogens (tertiary/aromatic N) is 1. The van der Waals surface area contributed by atoms with Crippen LogP contribution in [0.15, 0.2) is 11.6 Å². The van der Waals surface area contributed by atoms with E-state index in [0.29, 0.717) is 11.6 Å². The topological polar surface area (TPSA) is 23.5 Å². The van der Waals surface area contributed by atoms with Crippen molar-refractivity contribution in [2.75, 3.05) is 13.1 Å². The van der Waals surface area contributed by atoms with Crippen LogP contribution in [0.3, 0.4) is 0 Å². The summed E-state index contributed by atoms with van der Waals surface area (Å²) in [6.07, 6.45) is 0.588. The Kier molecular flexibility index (Phi) is 2.81. The van der Waals surface area contributed by atoms with E-state index >= 15 is 0 Å². The smallest absolute Gasteiger partial charge is 0.0730 e. The van der Waals surface area contributed by atoms with Gasteiger partial charge in [0.05, 0.1) is 6.10 Å². The van der Waals surface area contributed by atoms with Gasteiger partial charge in [0.2, 0.25) is 0 Å². The Morgan fingerprint density at radius 1 is 1.75 bits per heavy atom. The van der Waals surface area contributed by atoms with Gasteiger partial charge in [-0.15, -0.1) is 0 Å². The Bertz CT molecular complexity index is 191. The van der Waals surface area contributed by atoms with Crippen LogP contribution in [0.1, 0.15) is 20.3 Å². The molecule has 1 N–H and O–H groups in total. The van der Waals surface area contributed by atoms with Crippen molar-refractivity contribution in [2.24, 2.45) is 0 Å². The number of halogens is 1. The van der Waals surface area contributed by atoms with Crippen LogP contribution in [-0.4, -0.2) is 34.7 Å². The largest absolute Gasteiger partial charge is 0.391 e. The quantitative estimate of drug-likeness (QED) is 0.713. The number of aliphatic hydroxyl groups excluding tert-OH is 1. The van der Waals surface area contributed by atoms with Crippen molar-refractivity contribution in [2.45, 2.75) is 31.9 Å². The van der Waals surface area contributed by atoms with Crippen LogP contribution in [-0.2, 0) is 0 Å². The van der Waals surface area contributed by atoms with E-state index in [9.17, 15) is 5.11 Å². The molecular weight excluding hydrogens is 174 g/mol. The number of likely N-dealkylation sites (tertiary alicyclic amines) is 1. The van der Waals surface area contributed by atoms with Gasteiger partial charge in [0.15, 0.2) is 0 Å². The molecule has 1 atom stereocenters. The van der Waals surface area contributed by atoms with Crippen molar-refractivity contribution < 1.29 is 5.11 Å². The molecule has 70 valence electrons. The molecule has 0 radical (unpaired) electrons. The van der Waals surface area contributed by atoms with Gasteiger partial charge in [-0.1, -0.05) is 18.2 Å². The van der Waals surface area contributed by atoms with Crippen LogP contribution in [0.25, 0.3) is 0 Å². The molecule has 12 heavy (non-hydrogen) atoms. The second-order valence-corrected chi connectivity index (χ2v) is 4.43. The minimum Gasteiger partial charge on any atom is -0.391 e. The van der Waals surface area contributed by atoms with Gasteiger partial charge >= 0.3 is 0 Å². The molecule has 0 amide bonds. The zero-order valence-electron chi connectivity index (χ0n) is 7.68. The summed E-state index contributed by atoms with van der Waals surface area (Å²) in [6, 6.07) is 0. The first-order valence-electron chi connectivity index (χ1n) is 4.21. The number of hydrogen-bond donors (Lipinski definition) is 1. The van der Waals surface area contributed by atoms with E-state index in [1.54, 1.807) is 0 Å². The third kappa shape index (κ3) is 1.82. The predicted molar refractivity (Wildman–Crippen MR) is 51.3 cm³/mol. The molecule has 0 aliphatic carbocycles. The second kappa shape index (κ2) is 3.36. The van der Waals surface area contributed by atoms with Crippen molar-refractivity contribution in [3.8, 4) is 0 Å². The Labute approximate surface area is 78.8 Å². The molecule has 0 bridgehead atoms. The molecule has 0 aromatic heterocycles. The van der Waals surface area contributed by atoms with Gasteiger partial charge in [-0.2, -0.15) is 0 Å². The molecule has 0 saturated carbocycles. The van der Waals surface area contributed by atoms with Gasteiger partial charge in [-0.05, 0) is 20.3 Å². The maximum Gasteiger partial charge on any atom is 0.0730 e. The van der Waals surface area contributed by atoms with E-state index in [1.807, 2.05) is 13.8 Å². The Morgan fingerprint density at radius 2 is 2.33 bits per heavy atom. The monoisotopic (exact) mass is 189 g/mol. The fraction of sp³-hybridized carbons (Fsp3) is 0.778. The van der Waals surface area contributed by atoms with Gasteiger partial charge in [-0.25, -0.2) is 0 Å². The van der Waals surface area contributed by atoms with E-state index in [-0.39, 0.29) is 11.6 Å². The highest BCUT2D eigenvalue weighted by Gasteiger charge is 2.39. The summed E-state index contributed by atoms with van der Waals surface area (Å²) in [5, 5.41) is 10.3. The molecule has 1 unspecified atom stereocenters. The minimum absolute atomic E-state index is 0.155. The number of aliphatic hydroxyl groups is 1. The van der Waals surface area contributed by atoms with Crippen LogP contribution in [0.4, 0.5) is 0 Å². The molecule has 3 heteroatoms. The first-order valence-corrected chi connectivity index (χ1v) is 4.59. The van der Waals surface area contributed by atoms with Crippen LogP contribution < -0.4 is 0 Å². The van der Waals surface area contributed by atoms with Crippen molar-refractivity contribution in [1.29, 1.82) is 0 Å². The van der Waals surface area contributed by atoms with Crippen molar-refractivity contribution in [1.82, 2.24) is 4.90 Å². The molecule has 2 nitrogen and oxygen atoms in total. The summed E-state index contributed by atoms with van der Waals surface area (Å²) >= 11 is 5.72. The van der Waals surface area contributed by atoms with Gasteiger partial charge in [-0.3, -0.25) is 4.90 Å². The molecule has 1 heterocycles. The summed E-state index contributed by atoms with van der Waals surface area (Å²) in [5.41, 5.74) is -0.155. The lowest BCUT2D eigenvalue weighted by atomic mass is 9.99. The Hall–Kier alpha value is -0.0500. The zero-order chi connectivity index (χ0) is 9.35. The lowest BCUT2D eigenvalue weighted by Gasteiger charge is -2.33. The van der Waals surface area contributed by atoms with Crippen LogP contribution in [0.2, 0.25) is 0 Å². The first kappa shape index (κ1) is 10.0. The van der Waals surface area contributed by atoms with Gasteiger partial charge in [0.25, 0.3) is 0 Å². The molecule has 0 spiro atoms. The van der Waals surface area contributed by atoms with Crippen LogP contribution >= 0.6 is 11.6 Å². The maximum absolute atomic E-state index is 9.63. The minimum atomic E-state index is -0.242. The van der Waals surface area contributed by atoms with E-state index in [2.05, 4.69) is 11.5 Å². The average Bonchev–Trinajstić information content (AvgIpc) is 2.15. The lowest BCUT2D eigenvalue weighted by molar-refractivity contribution is 0.0604. The second-order valence-electron chi connectivity index (χ2n) is 3.90. The van der Waals surface area contributed by atoms with E-state index in [0.717, 1.165) is 13.0 Å². The standard InChI is InChI=1S/C9H16ClNO/c1-7(10)6-11-5-4-8(12)9(11,2)3/h8,12H,1,4-6H2,2-3H3. The maximum atomic E-state index is 9.63. The highest BCUT2D eigenvalue weighted by molar-refractivity contribution is 6.29. The van der Waals surface area contributed by atoms with Crippen molar-refractivity contribution in [3.05, 3.63) is 11.6 Å². The Morgan fingerprint density at radius 3 is 2.67 bits per heavy atom. The molecular formula is C9H16ClNO. The summed E-state index contributed by atoms with van der Waals surface area (Å²) in [7, 11) is 0. The van der Waals surface area contributed by atoms with Crippen molar-refractivity contribution >= 4 is 11.6 Å². The normalized spacial score (nSPS) is 29.2. The fourth-order valence-electron chi connectivity index (χ4n) is 1.62. The fourth-order valence-corrected chi connectivity index (χ4v) is 1.76. The molecule has 1 saturated heterocycles. The summed E-state index contributed by atoms with van der Waals surface area (Å²) in [5.74, 6) is 0. The van der Waals surface area contributed by atoms with Gasteiger partial charge in [0.1, 0.15) is 0 Å². The zero-order valence-corrected chi connectivity index (χ0v) is 8.43. The summed E-state index contributed by atoms with van der Waals surface area (Å²) < 4.78 is 0. The molecule has 1 aliphatic rings. The predicted octanol–water partition coefficient (Wildman–Crippen LogP) is 1.58. The van der Waals surface area contributed by atoms with Gasteiger partial charge in [0, 0.05) is 23.7 Å². The van der Waals surface area contributed by atoms with E-state index < -0.39 is 0 Å². The first-order chi connectivity index (χ1) is 5.44. The molecule has 1 aliphatic heterocycles. The number of hydrogen-bond acceptors (Lipinski definition) is 2. The van der Waals surface area contributed by atoms with E-state index in [1.165, 1.54) is 0 Å². The van der Waals surface area contributed by atoms with Crippen molar-refractivity contribution in [3.63, 3.8) is 0 Å². The number of rotatable bonds is 2. The van der Waals surface area contributed by atoms with Gasteiger partial charge < -0.3 is 5.11 Å². The average molecular weight is 190 g/mol. The highest BCUT2D eigenvalue weighted by atomic mass is 35.5. The Balaban J connectivity index is 2.62. The molecule has 0 aromatic rings. The lowest BCUT2D eigenvalue weighted by Crippen LogP contribution is -2.45. The molecule has 1 rings (SSSR count). The van der Waals surface area contributed by atoms with Crippen LogP contribution in [0.5, 0.6) is 0 Å². The molecule has 0 aromatic carbocycles. The SMILES string of the molecule is C=C(Cl)CN1CCC(O)C1(C)C. The van der Waals surface area contributed by atoms with Crippen LogP contribution in [0, 0.1) is 0 Å². The summed E-state index contributed by atoms with van der Waals surface area (Å²) in [6.45, 7) is 9.29. The molecule has 1 fully saturated rings. The highest BCUT2D eigenvalue weighted by Crippen LogP contribution is 2.29. The third-order valence-electron chi connectivity index (χ3n) is 2.67.